The summed E-state index contributed by atoms with van der Waals surface area (Å²) in [4.78, 5) is 13.9. The largest absolute Gasteiger partial charge is 0.469 e. The van der Waals surface area contributed by atoms with Crippen molar-refractivity contribution in [3.8, 4) is 0 Å². The van der Waals surface area contributed by atoms with Crippen molar-refractivity contribution in [2.45, 2.75) is 40.7 Å². The number of rotatable bonds is 3. The summed E-state index contributed by atoms with van der Waals surface area (Å²) in [6.07, 6.45) is 0. The predicted molar refractivity (Wildman–Crippen MR) is 62.7 cm³/mol. The van der Waals surface area contributed by atoms with E-state index in [0.717, 1.165) is 0 Å². The van der Waals surface area contributed by atoms with Crippen molar-refractivity contribution in [2.24, 2.45) is 10.8 Å². The maximum absolute atomic E-state index is 11.8. The van der Waals surface area contributed by atoms with E-state index >= 15 is 0 Å². The van der Waals surface area contributed by atoms with E-state index in [1.165, 1.54) is 7.11 Å². The van der Waals surface area contributed by atoms with Crippen LogP contribution >= 0.6 is 0 Å². The van der Waals surface area contributed by atoms with Gasteiger partial charge in [0.15, 0.2) is 0 Å². The Bertz CT molecular complexity index is 226. The molecule has 1 atom stereocenters. The molecule has 0 aliphatic rings. The molecule has 15 heavy (non-hydrogen) atoms. The third-order valence-corrected chi connectivity index (χ3v) is 2.73. The van der Waals surface area contributed by atoms with Crippen LogP contribution in [0.5, 0.6) is 0 Å². The molecule has 3 nitrogen and oxygen atoms in total. The van der Waals surface area contributed by atoms with Crippen LogP contribution in [0.4, 0.5) is 0 Å². The second-order valence-electron chi connectivity index (χ2n) is 5.95. The molecule has 0 N–H and O–H groups in total. The summed E-state index contributed by atoms with van der Waals surface area (Å²) in [6.45, 7) is 10.3. The van der Waals surface area contributed by atoms with Gasteiger partial charge in [-0.2, -0.15) is 0 Å². The Labute approximate surface area is 93.8 Å². The standard InChI is InChI=1S/C12H25NO2/c1-11(2,3)9(13(6)7)12(4,5)10(14)15-8/h9H,1-8H3. The summed E-state index contributed by atoms with van der Waals surface area (Å²) in [5.41, 5.74) is -0.475. The van der Waals surface area contributed by atoms with Crippen LogP contribution in [-0.2, 0) is 9.53 Å². The lowest BCUT2D eigenvalue weighted by molar-refractivity contribution is -0.157. The number of carbonyl (C=O) groups excluding carboxylic acids is 1. The molecule has 0 amide bonds. The van der Waals surface area contributed by atoms with Gasteiger partial charge in [0.25, 0.3) is 0 Å². The molecule has 0 aromatic heterocycles. The summed E-state index contributed by atoms with van der Waals surface area (Å²) in [5.74, 6) is -0.156. The Kier molecular flexibility index (Phi) is 4.35. The second-order valence-corrected chi connectivity index (χ2v) is 5.95. The van der Waals surface area contributed by atoms with Gasteiger partial charge in [-0.1, -0.05) is 20.8 Å². The van der Waals surface area contributed by atoms with Crippen molar-refractivity contribution in [2.75, 3.05) is 21.2 Å². The van der Waals surface area contributed by atoms with Crippen molar-refractivity contribution < 1.29 is 9.53 Å². The maximum atomic E-state index is 11.8. The number of hydrogen-bond donors (Lipinski definition) is 0. The Morgan fingerprint density at radius 3 is 1.73 bits per heavy atom. The average molecular weight is 215 g/mol. The zero-order valence-corrected chi connectivity index (χ0v) is 11.3. The first-order valence-electron chi connectivity index (χ1n) is 5.30. The van der Waals surface area contributed by atoms with Gasteiger partial charge in [-0.05, 0) is 33.4 Å². The molecule has 0 aromatic rings. The number of hydrogen-bond acceptors (Lipinski definition) is 3. The minimum absolute atomic E-state index is 0.0290. The van der Waals surface area contributed by atoms with Crippen LogP contribution in [0.15, 0.2) is 0 Å². The van der Waals surface area contributed by atoms with Gasteiger partial charge in [-0.25, -0.2) is 0 Å². The topological polar surface area (TPSA) is 29.5 Å². The van der Waals surface area contributed by atoms with Gasteiger partial charge in [0, 0.05) is 6.04 Å². The van der Waals surface area contributed by atoms with Gasteiger partial charge in [0.05, 0.1) is 12.5 Å². The molecule has 0 rings (SSSR count). The number of esters is 1. The molecule has 3 heteroatoms. The lowest BCUT2D eigenvalue weighted by Gasteiger charge is -2.44. The van der Waals surface area contributed by atoms with Crippen LogP contribution in [0.1, 0.15) is 34.6 Å². The van der Waals surface area contributed by atoms with Gasteiger partial charge in [-0.15, -0.1) is 0 Å². The molecule has 1 unspecified atom stereocenters. The molecule has 0 spiro atoms. The first-order valence-corrected chi connectivity index (χ1v) is 5.30. The van der Waals surface area contributed by atoms with Gasteiger partial charge in [0.1, 0.15) is 0 Å². The van der Waals surface area contributed by atoms with Crippen LogP contribution in [0.3, 0.4) is 0 Å². The highest BCUT2D eigenvalue weighted by Gasteiger charge is 2.45. The summed E-state index contributed by atoms with van der Waals surface area (Å²) in [6, 6.07) is 0.137. The van der Waals surface area contributed by atoms with Crippen molar-refractivity contribution in [1.82, 2.24) is 4.90 Å². The van der Waals surface area contributed by atoms with Crippen molar-refractivity contribution in [3.05, 3.63) is 0 Å². The second kappa shape index (κ2) is 4.52. The third kappa shape index (κ3) is 3.20. The van der Waals surface area contributed by atoms with E-state index in [2.05, 4.69) is 25.7 Å². The predicted octanol–water partition coefficient (Wildman–Crippen LogP) is 2.16. The van der Waals surface area contributed by atoms with Crippen LogP contribution in [0, 0.1) is 10.8 Å². The number of methoxy groups -OCH3 is 1. The van der Waals surface area contributed by atoms with E-state index in [9.17, 15) is 4.79 Å². The molecule has 0 saturated carbocycles. The van der Waals surface area contributed by atoms with Crippen molar-refractivity contribution in [1.29, 1.82) is 0 Å². The zero-order chi connectivity index (χ0) is 12.4. The van der Waals surface area contributed by atoms with Crippen LogP contribution in [-0.4, -0.2) is 38.1 Å². The summed E-state index contributed by atoms with van der Waals surface area (Å²) in [5, 5.41) is 0. The monoisotopic (exact) mass is 215 g/mol. The maximum Gasteiger partial charge on any atom is 0.312 e. The van der Waals surface area contributed by atoms with Crippen LogP contribution < -0.4 is 0 Å². The van der Waals surface area contributed by atoms with Gasteiger partial charge >= 0.3 is 5.97 Å². The smallest absolute Gasteiger partial charge is 0.312 e. The Morgan fingerprint density at radius 1 is 1.13 bits per heavy atom. The molecular weight excluding hydrogens is 190 g/mol. The van der Waals surface area contributed by atoms with Gasteiger partial charge < -0.3 is 9.64 Å². The molecule has 0 fully saturated rings. The molecule has 90 valence electrons. The van der Waals surface area contributed by atoms with Crippen molar-refractivity contribution in [3.63, 3.8) is 0 Å². The summed E-state index contributed by atoms with van der Waals surface area (Å²) < 4.78 is 4.88. The Morgan fingerprint density at radius 2 is 1.53 bits per heavy atom. The summed E-state index contributed by atoms with van der Waals surface area (Å²) in [7, 11) is 5.45. The van der Waals surface area contributed by atoms with Crippen LogP contribution in [0.2, 0.25) is 0 Å². The fourth-order valence-electron chi connectivity index (χ4n) is 2.88. The van der Waals surface area contributed by atoms with Gasteiger partial charge in [0.2, 0.25) is 0 Å². The highest BCUT2D eigenvalue weighted by molar-refractivity contribution is 5.76. The van der Waals surface area contributed by atoms with E-state index in [4.69, 9.17) is 4.74 Å². The van der Waals surface area contributed by atoms with E-state index in [1.807, 2.05) is 27.9 Å². The summed E-state index contributed by atoms with van der Waals surface area (Å²) >= 11 is 0. The van der Waals surface area contributed by atoms with E-state index in [1.54, 1.807) is 0 Å². The Balaban J connectivity index is 5.18. The average Bonchev–Trinajstić information content (AvgIpc) is 1.98. The molecule has 0 bridgehead atoms. The third-order valence-electron chi connectivity index (χ3n) is 2.73. The molecule has 0 heterocycles. The van der Waals surface area contributed by atoms with Crippen LogP contribution in [0.25, 0.3) is 0 Å². The number of carbonyl (C=O) groups is 1. The Hall–Kier alpha value is -0.570. The molecule has 0 saturated heterocycles. The van der Waals surface area contributed by atoms with E-state index in [0.29, 0.717) is 0 Å². The highest BCUT2D eigenvalue weighted by atomic mass is 16.5. The molecule has 0 aromatic carbocycles. The quantitative estimate of drug-likeness (QED) is 0.676. The lowest BCUT2D eigenvalue weighted by atomic mass is 9.70. The highest BCUT2D eigenvalue weighted by Crippen LogP contribution is 2.37. The first kappa shape index (κ1) is 14.4. The van der Waals surface area contributed by atoms with Gasteiger partial charge in [-0.3, -0.25) is 4.79 Å². The molecule has 0 radical (unpaired) electrons. The van der Waals surface area contributed by atoms with E-state index < -0.39 is 5.41 Å². The number of nitrogens with zero attached hydrogens (tertiary/aromatic N) is 1. The fraction of sp³-hybridized carbons (Fsp3) is 0.917. The minimum Gasteiger partial charge on any atom is -0.469 e. The fourth-order valence-corrected chi connectivity index (χ4v) is 2.88. The number of ether oxygens (including phenoxy) is 1. The van der Waals surface area contributed by atoms with E-state index in [-0.39, 0.29) is 17.4 Å². The minimum atomic E-state index is -0.503. The molecule has 0 aliphatic carbocycles. The van der Waals surface area contributed by atoms with Crippen molar-refractivity contribution >= 4 is 5.97 Å². The molecule has 0 aliphatic heterocycles. The normalized spacial score (nSPS) is 15.3. The SMILES string of the molecule is COC(=O)C(C)(C)C(N(C)C)C(C)(C)C. The lowest BCUT2D eigenvalue weighted by Crippen LogP contribution is -2.53. The molecular formula is C12H25NO2. The zero-order valence-electron chi connectivity index (χ0n) is 11.3. The first-order chi connectivity index (χ1) is 6.55.